The normalized spacial score (nSPS) is 15.8. The SMILES string of the molecule is CC[C@H](C)[C@@H](C(CC=O)OC)N(C)C(=O)CNC. The molecule has 106 valence electrons. The van der Waals surface area contributed by atoms with Gasteiger partial charge in [-0.1, -0.05) is 20.3 Å². The second-order valence-corrected chi connectivity index (χ2v) is 4.59. The van der Waals surface area contributed by atoms with E-state index in [0.717, 1.165) is 12.7 Å². The highest BCUT2D eigenvalue weighted by Crippen LogP contribution is 2.20. The van der Waals surface area contributed by atoms with Crippen LogP contribution >= 0.6 is 0 Å². The molecule has 0 bridgehead atoms. The van der Waals surface area contributed by atoms with Crippen molar-refractivity contribution in [1.29, 1.82) is 0 Å². The molecular weight excluding hydrogens is 232 g/mol. The summed E-state index contributed by atoms with van der Waals surface area (Å²) in [5.41, 5.74) is 0. The van der Waals surface area contributed by atoms with Crippen LogP contribution in [-0.4, -0.2) is 57.0 Å². The number of aldehydes is 1. The number of nitrogens with one attached hydrogen (secondary N) is 1. The van der Waals surface area contributed by atoms with Crippen LogP contribution in [0, 0.1) is 5.92 Å². The molecule has 0 aliphatic carbocycles. The van der Waals surface area contributed by atoms with E-state index in [1.165, 1.54) is 0 Å². The maximum atomic E-state index is 11.9. The lowest BCUT2D eigenvalue weighted by Crippen LogP contribution is -2.51. The molecule has 0 rings (SSSR count). The molecule has 0 fully saturated rings. The van der Waals surface area contributed by atoms with Crippen molar-refractivity contribution < 1.29 is 14.3 Å². The van der Waals surface area contributed by atoms with Crippen LogP contribution in [0.2, 0.25) is 0 Å². The van der Waals surface area contributed by atoms with Crippen molar-refractivity contribution in [2.45, 2.75) is 38.8 Å². The summed E-state index contributed by atoms with van der Waals surface area (Å²) in [6.45, 7) is 4.44. The van der Waals surface area contributed by atoms with Gasteiger partial charge in [0.15, 0.2) is 0 Å². The highest BCUT2D eigenvalue weighted by Gasteiger charge is 2.31. The van der Waals surface area contributed by atoms with Gasteiger partial charge in [0, 0.05) is 20.6 Å². The monoisotopic (exact) mass is 258 g/mol. The van der Waals surface area contributed by atoms with Crippen LogP contribution in [0.1, 0.15) is 26.7 Å². The van der Waals surface area contributed by atoms with Crippen molar-refractivity contribution in [3.63, 3.8) is 0 Å². The van der Waals surface area contributed by atoms with Gasteiger partial charge in [0.1, 0.15) is 6.29 Å². The molecule has 3 atom stereocenters. The molecule has 0 aliphatic rings. The summed E-state index contributed by atoms with van der Waals surface area (Å²) in [7, 11) is 5.09. The van der Waals surface area contributed by atoms with Crippen molar-refractivity contribution in [2.75, 3.05) is 27.7 Å². The average Bonchev–Trinajstić information content (AvgIpc) is 2.37. The van der Waals surface area contributed by atoms with Crippen LogP contribution in [0.3, 0.4) is 0 Å². The molecule has 0 aliphatic heterocycles. The minimum Gasteiger partial charge on any atom is -0.379 e. The Morgan fingerprint density at radius 3 is 2.50 bits per heavy atom. The molecule has 5 nitrogen and oxygen atoms in total. The first kappa shape index (κ1) is 17.1. The van der Waals surface area contributed by atoms with Crippen molar-refractivity contribution >= 4 is 12.2 Å². The first-order chi connectivity index (χ1) is 8.53. The van der Waals surface area contributed by atoms with Gasteiger partial charge in [0.05, 0.1) is 18.7 Å². The van der Waals surface area contributed by atoms with Crippen LogP contribution in [0.4, 0.5) is 0 Å². The fraction of sp³-hybridized carbons (Fsp3) is 0.846. The third-order valence-corrected chi connectivity index (χ3v) is 3.41. The number of rotatable bonds is 9. The summed E-state index contributed by atoms with van der Waals surface area (Å²) in [5.74, 6) is 0.288. The van der Waals surface area contributed by atoms with Crippen LogP contribution < -0.4 is 5.32 Å². The van der Waals surface area contributed by atoms with Gasteiger partial charge < -0.3 is 19.7 Å². The van der Waals surface area contributed by atoms with Gasteiger partial charge in [-0.25, -0.2) is 0 Å². The van der Waals surface area contributed by atoms with E-state index in [1.54, 1.807) is 26.1 Å². The van der Waals surface area contributed by atoms with Crippen LogP contribution in [0.25, 0.3) is 0 Å². The molecule has 0 saturated heterocycles. The van der Waals surface area contributed by atoms with Gasteiger partial charge in [0.25, 0.3) is 0 Å². The second kappa shape index (κ2) is 9.05. The topological polar surface area (TPSA) is 58.6 Å². The number of amides is 1. The van der Waals surface area contributed by atoms with E-state index in [2.05, 4.69) is 19.2 Å². The van der Waals surface area contributed by atoms with Gasteiger partial charge in [-0.2, -0.15) is 0 Å². The van der Waals surface area contributed by atoms with E-state index in [9.17, 15) is 9.59 Å². The number of nitrogens with zero attached hydrogens (tertiary/aromatic N) is 1. The standard InChI is InChI=1S/C13H26N2O3/c1-6-10(2)13(11(18-5)7-8-16)15(4)12(17)9-14-3/h8,10-11,13-14H,6-7,9H2,1-5H3/t10-,11?,13-/m0/s1. The molecule has 1 N–H and O–H groups in total. The van der Waals surface area contributed by atoms with Gasteiger partial charge in [-0.3, -0.25) is 4.79 Å². The van der Waals surface area contributed by atoms with E-state index in [1.807, 2.05) is 0 Å². The van der Waals surface area contributed by atoms with Gasteiger partial charge in [-0.15, -0.1) is 0 Å². The van der Waals surface area contributed by atoms with E-state index in [-0.39, 0.29) is 24.0 Å². The smallest absolute Gasteiger partial charge is 0.236 e. The minimum atomic E-state index is -0.247. The van der Waals surface area contributed by atoms with Gasteiger partial charge in [-0.05, 0) is 13.0 Å². The zero-order valence-corrected chi connectivity index (χ0v) is 12.1. The highest BCUT2D eigenvalue weighted by atomic mass is 16.5. The summed E-state index contributed by atoms with van der Waals surface area (Å²) in [6, 6.07) is -0.0777. The second-order valence-electron chi connectivity index (χ2n) is 4.59. The largest absolute Gasteiger partial charge is 0.379 e. The predicted octanol–water partition coefficient (Wildman–Crippen LogP) is 0.683. The van der Waals surface area contributed by atoms with Crippen molar-refractivity contribution in [2.24, 2.45) is 5.92 Å². The minimum absolute atomic E-state index is 0.00995. The third-order valence-electron chi connectivity index (χ3n) is 3.41. The maximum absolute atomic E-state index is 11.9. The first-order valence-electron chi connectivity index (χ1n) is 6.40. The summed E-state index contributed by atoms with van der Waals surface area (Å²) < 4.78 is 5.38. The van der Waals surface area contributed by atoms with E-state index >= 15 is 0 Å². The number of carbonyl (C=O) groups excluding carboxylic acids is 2. The Morgan fingerprint density at radius 2 is 2.11 bits per heavy atom. The maximum Gasteiger partial charge on any atom is 0.236 e. The lowest BCUT2D eigenvalue weighted by molar-refractivity contribution is -0.136. The molecule has 1 amide bonds. The Hall–Kier alpha value is -0.940. The van der Waals surface area contributed by atoms with Crippen LogP contribution in [0.15, 0.2) is 0 Å². The van der Waals surface area contributed by atoms with E-state index in [0.29, 0.717) is 13.0 Å². The van der Waals surface area contributed by atoms with Crippen LogP contribution in [0.5, 0.6) is 0 Å². The van der Waals surface area contributed by atoms with Crippen molar-refractivity contribution in [3.05, 3.63) is 0 Å². The third kappa shape index (κ3) is 4.74. The molecule has 0 spiro atoms. The Morgan fingerprint density at radius 1 is 1.50 bits per heavy atom. The summed E-state index contributed by atoms with van der Waals surface area (Å²) in [4.78, 5) is 24.4. The summed E-state index contributed by atoms with van der Waals surface area (Å²) >= 11 is 0. The molecule has 0 aromatic carbocycles. The predicted molar refractivity (Wildman–Crippen MR) is 71.4 cm³/mol. The molecular formula is C13H26N2O3. The molecule has 0 saturated carbocycles. The van der Waals surface area contributed by atoms with Crippen LogP contribution in [-0.2, 0) is 14.3 Å². The highest BCUT2D eigenvalue weighted by molar-refractivity contribution is 5.78. The lowest BCUT2D eigenvalue weighted by Gasteiger charge is -2.37. The first-order valence-corrected chi connectivity index (χ1v) is 6.40. The molecule has 0 aromatic rings. The number of likely N-dealkylation sites (N-methyl/N-ethyl adjacent to an activating group) is 2. The molecule has 0 radical (unpaired) electrons. The molecule has 5 heteroatoms. The fourth-order valence-electron chi connectivity index (χ4n) is 2.15. The summed E-state index contributed by atoms with van der Waals surface area (Å²) in [5, 5.41) is 2.85. The average molecular weight is 258 g/mol. The van der Waals surface area contributed by atoms with Crippen molar-refractivity contribution in [1.82, 2.24) is 10.2 Å². The lowest BCUT2D eigenvalue weighted by atomic mass is 9.91. The Bertz CT molecular complexity index is 259. The van der Waals surface area contributed by atoms with Gasteiger partial charge >= 0.3 is 0 Å². The number of carbonyl (C=O) groups is 2. The molecule has 0 aromatic heterocycles. The molecule has 0 heterocycles. The number of hydrogen-bond acceptors (Lipinski definition) is 4. The van der Waals surface area contributed by atoms with Gasteiger partial charge in [0.2, 0.25) is 5.91 Å². The Kier molecular flexibility index (Phi) is 8.58. The summed E-state index contributed by atoms with van der Waals surface area (Å²) in [6.07, 6.45) is 1.84. The Balaban J connectivity index is 4.95. The number of hydrogen-bond donors (Lipinski definition) is 1. The zero-order valence-electron chi connectivity index (χ0n) is 12.1. The van der Waals surface area contributed by atoms with E-state index in [4.69, 9.17) is 4.74 Å². The number of methoxy groups -OCH3 is 1. The fourth-order valence-corrected chi connectivity index (χ4v) is 2.15. The van der Waals surface area contributed by atoms with Crippen molar-refractivity contribution in [3.8, 4) is 0 Å². The van der Waals surface area contributed by atoms with E-state index < -0.39 is 0 Å². The zero-order chi connectivity index (χ0) is 14.1. The Labute approximate surface area is 110 Å². The number of ether oxygens (including phenoxy) is 1. The quantitative estimate of drug-likeness (QED) is 0.618. The molecule has 18 heavy (non-hydrogen) atoms. The molecule has 1 unspecified atom stereocenters.